The number of hydrogen-bond acceptors (Lipinski definition) is 4. The van der Waals surface area contributed by atoms with Gasteiger partial charge in [-0.1, -0.05) is 25.5 Å². The minimum absolute atomic E-state index is 0.0919. The first-order valence-corrected chi connectivity index (χ1v) is 10.4. The Balaban J connectivity index is 1.51. The van der Waals surface area contributed by atoms with E-state index in [1.54, 1.807) is 0 Å². The summed E-state index contributed by atoms with van der Waals surface area (Å²) in [6.45, 7) is 2.30. The van der Waals surface area contributed by atoms with Crippen LogP contribution >= 0.6 is 0 Å². The Morgan fingerprint density at radius 2 is 1.96 bits per heavy atom. The van der Waals surface area contributed by atoms with Crippen molar-refractivity contribution < 1.29 is 5.11 Å². The van der Waals surface area contributed by atoms with Gasteiger partial charge in [-0.3, -0.25) is 10.3 Å². The highest BCUT2D eigenvalue weighted by molar-refractivity contribution is 6.02. The maximum Gasteiger partial charge on any atom is 0.128 e. The van der Waals surface area contributed by atoms with Crippen LogP contribution in [0.25, 0.3) is 0 Å². The van der Waals surface area contributed by atoms with E-state index >= 15 is 0 Å². The summed E-state index contributed by atoms with van der Waals surface area (Å²) >= 11 is 0. The van der Waals surface area contributed by atoms with Gasteiger partial charge in [0.05, 0.1) is 6.10 Å². The van der Waals surface area contributed by atoms with Gasteiger partial charge >= 0.3 is 0 Å². The number of nitrogens with zero attached hydrogens (tertiary/aromatic N) is 2. The number of allylic oxidation sites excluding steroid dienone is 2. The second kappa shape index (κ2) is 7.71. The van der Waals surface area contributed by atoms with E-state index in [4.69, 9.17) is 9.98 Å². The Morgan fingerprint density at radius 3 is 2.76 bits per heavy atom. The molecule has 4 aliphatic rings. The van der Waals surface area contributed by atoms with Gasteiger partial charge in [0.25, 0.3) is 0 Å². The molecule has 0 spiro atoms. The fraction of sp³-hybridized carbons (Fsp3) is 0.810. The highest BCUT2D eigenvalue weighted by Gasteiger charge is 2.35. The van der Waals surface area contributed by atoms with Crippen molar-refractivity contribution in [2.45, 2.75) is 89.4 Å². The molecule has 0 radical (unpaired) electrons. The number of amidine groups is 1. The van der Waals surface area contributed by atoms with E-state index in [0.717, 1.165) is 44.4 Å². The number of aliphatic hydroxyl groups is 1. The number of nitrogens with one attached hydrogen (secondary N) is 1. The topological polar surface area (TPSA) is 57.0 Å². The highest BCUT2D eigenvalue weighted by Crippen LogP contribution is 2.33. The normalized spacial score (nSPS) is 41.7. The molecule has 4 nitrogen and oxygen atoms in total. The first-order chi connectivity index (χ1) is 12.2. The zero-order valence-electron chi connectivity index (χ0n) is 15.5. The molecule has 1 heterocycles. The predicted octanol–water partition coefficient (Wildman–Crippen LogP) is 3.85. The minimum Gasteiger partial charge on any atom is -0.393 e. The molecule has 4 heteroatoms. The SMILES string of the molecule is CC1C=CCC(C2=NC(NC3CCC(O)CC3)C3CCCCC3=N2)C1. The van der Waals surface area contributed by atoms with Crippen LogP contribution in [-0.4, -0.2) is 35.0 Å². The van der Waals surface area contributed by atoms with Crippen LogP contribution in [0.2, 0.25) is 0 Å². The fourth-order valence-corrected chi connectivity index (χ4v) is 5.05. The van der Waals surface area contributed by atoms with Crippen molar-refractivity contribution in [2.24, 2.45) is 27.7 Å². The molecule has 0 aromatic carbocycles. The van der Waals surface area contributed by atoms with Gasteiger partial charge in [-0.05, 0) is 63.7 Å². The van der Waals surface area contributed by atoms with E-state index in [1.807, 2.05) is 0 Å². The van der Waals surface area contributed by atoms with Crippen LogP contribution in [0.3, 0.4) is 0 Å². The molecule has 25 heavy (non-hydrogen) atoms. The van der Waals surface area contributed by atoms with Gasteiger partial charge in [0.2, 0.25) is 0 Å². The molecule has 0 aromatic heterocycles. The van der Waals surface area contributed by atoms with Crippen LogP contribution in [0.15, 0.2) is 22.1 Å². The Labute approximate surface area is 151 Å². The number of aliphatic hydroxyl groups excluding tert-OH is 1. The molecule has 0 aromatic rings. The summed E-state index contributed by atoms with van der Waals surface area (Å²) in [6.07, 6.45) is 16.0. The molecule has 0 bridgehead atoms. The lowest BCUT2D eigenvalue weighted by molar-refractivity contribution is 0.112. The summed E-state index contributed by atoms with van der Waals surface area (Å²) < 4.78 is 0. The summed E-state index contributed by atoms with van der Waals surface area (Å²) in [5.41, 5.74) is 1.41. The maximum atomic E-state index is 9.78. The van der Waals surface area contributed by atoms with Gasteiger partial charge < -0.3 is 5.11 Å². The van der Waals surface area contributed by atoms with E-state index in [-0.39, 0.29) is 12.3 Å². The largest absolute Gasteiger partial charge is 0.393 e. The second-order valence-electron chi connectivity index (χ2n) is 8.63. The summed E-state index contributed by atoms with van der Waals surface area (Å²) in [4.78, 5) is 10.2. The lowest BCUT2D eigenvalue weighted by atomic mass is 9.81. The second-order valence-corrected chi connectivity index (χ2v) is 8.63. The number of fused-ring (bicyclic) bond motifs is 1. The van der Waals surface area contributed by atoms with E-state index in [9.17, 15) is 5.11 Å². The van der Waals surface area contributed by atoms with Gasteiger partial charge in [0.1, 0.15) is 12.0 Å². The first-order valence-electron chi connectivity index (χ1n) is 10.4. The summed E-state index contributed by atoms with van der Waals surface area (Å²) in [6, 6.07) is 0.504. The van der Waals surface area contributed by atoms with Gasteiger partial charge in [-0.2, -0.15) is 0 Å². The van der Waals surface area contributed by atoms with Crippen LogP contribution in [0.1, 0.15) is 71.1 Å². The van der Waals surface area contributed by atoms with E-state index < -0.39 is 0 Å². The molecule has 0 amide bonds. The van der Waals surface area contributed by atoms with Crippen molar-refractivity contribution in [2.75, 3.05) is 0 Å². The lowest BCUT2D eigenvalue weighted by Gasteiger charge is -2.38. The maximum absolute atomic E-state index is 9.78. The summed E-state index contributed by atoms with van der Waals surface area (Å²) in [7, 11) is 0. The molecule has 3 aliphatic carbocycles. The van der Waals surface area contributed by atoms with Crippen LogP contribution in [0.4, 0.5) is 0 Å². The smallest absolute Gasteiger partial charge is 0.128 e. The molecule has 2 saturated carbocycles. The van der Waals surface area contributed by atoms with Crippen molar-refractivity contribution in [3.8, 4) is 0 Å². The third-order valence-electron chi connectivity index (χ3n) is 6.55. The van der Waals surface area contributed by atoms with Crippen LogP contribution in [0.5, 0.6) is 0 Å². The molecule has 2 fully saturated rings. The van der Waals surface area contributed by atoms with E-state index in [1.165, 1.54) is 31.4 Å². The first kappa shape index (κ1) is 17.4. The number of hydrogen-bond donors (Lipinski definition) is 2. The Kier molecular flexibility index (Phi) is 5.37. The zero-order valence-corrected chi connectivity index (χ0v) is 15.5. The Morgan fingerprint density at radius 1 is 1.12 bits per heavy atom. The molecular weight excluding hydrogens is 310 g/mol. The minimum atomic E-state index is -0.0919. The Hall–Kier alpha value is -1.00. The molecule has 138 valence electrons. The Bertz CT molecular complexity index is 559. The van der Waals surface area contributed by atoms with Gasteiger partial charge in [0, 0.05) is 23.6 Å². The average molecular weight is 344 g/mol. The summed E-state index contributed by atoms with van der Waals surface area (Å²) in [5.74, 6) is 2.74. The van der Waals surface area contributed by atoms with Crippen molar-refractivity contribution in [1.82, 2.24) is 5.32 Å². The molecule has 4 atom stereocenters. The third-order valence-corrected chi connectivity index (χ3v) is 6.55. The predicted molar refractivity (Wildman–Crippen MR) is 103 cm³/mol. The van der Waals surface area contributed by atoms with Gasteiger partial charge in [-0.25, -0.2) is 4.99 Å². The molecule has 4 unspecified atom stereocenters. The van der Waals surface area contributed by atoms with Crippen molar-refractivity contribution in [3.05, 3.63) is 12.2 Å². The molecular formula is C21H33N3O. The van der Waals surface area contributed by atoms with Crippen molar-refractivity contribution >= 4 is 11.5 Å². The standard InChI is InChI=1S/C21H33N3O/c1-14-5-4-6-15(13-14)20-23-19-8-3-2-7-18(19)21(24-20)22-16-9-11-17(25)12-10-16/h4-5,14-18,21-22,25H,2-3,6-13H2,1H3. The van der Waals surface area contributed by atoms with E-state index in [0.29, 0.717) is 23.8 Å². The lowest BCUT2D eigenvalue weighted by Crippen LogP contribution is -2.49. The molecule has 0 saturated heterocycles. The van der Waals surface area contributed by atoms with Crippen LogP contribution in [0, 0.1) is 17.8 Å². The van der Waals surface area contributed by atoms with Gasteiger partial charge in [-0.15, -0.1) is 0 Å². The van der Waals surface area contributed by atoms with E-state index in [2.05, 4.69) is 24.4 Å². The van der Waals surface area contributed by atoms with Crippen LogP contribution in [-0.2, 0) is 0 Å². The van der Waals surface area contributed by atoms with Crippen molar-refractivity contribution in [1.29, 1.82) is 0 Å². The number of rotatable bonds is 3. The monoisotopic (exact) mass is 343 g/mol. The third kappa shape index (κ3) is 4.06. The van der Waals surface area contributed by atoms with Crippen LogP contribution < -0.4 is 5.32 Å². The molecule has 2 N–H and O–H groups in total. The fourth-order valence-electron chi connectivity index (χ4n) is 5.05. The molecule has 4 rings (SSSR count). The van der Waals surface area contributed by atoms with Gasteiger partial charge in [0.15, 0.2) is 0 Å². The molecule has 1 aliphatic heterocycles. The highest BCUT2D eigenvalue weighted by atomic mass is 16.3. The average Bonchev–Trinajstić information content (AvgIpc) is 2.63. The van der Waals surface area contributed by atoms with Crippen molar-refractivity contribution in [3.63, 3.8) is 0 Å². The number of aliphatic imine (C=N–C) groups is 2. The summed E-state index contributed by atoms with van der Waals surface area (Å²) in [5, 5.41) is 13.6. The quantitative estimate of drug-likeness (QED) is 0.765. The zero-order chi connectivity index (χ0) is 17.2.